The van der Waals surface area contributed by atoms with Crippen LogP contribution in [0.5, 0.6) is 5.75 Å². The second-order valence-electron chi connectivity index (χ2n) is 9.01. The van der Waals surface area contributed by atoms with Crippen LogP contribution in [0.25, 0.3) is 29.1 Å². The number of ether oxygens (including phenoxy) is 1. The standard InChI is InChI=1S/C27H27N3O3S/c1-27(2,3)23(31)16-24-29(4)26(32)22(34-24)15-19-17-30(20-9-7-6-8-10-20)28-25(19)18-11-13-21(33-5)14-12-18/h6-17H,1-5H3/b22-15-,24-16-. The number of methoxy groups -OCH3 is 1. The number of rotatable bonds is 5. The zero-order valence-corrected chi connectivity index (χ0v) is 20.7. The van der Waals surface area contributed by atoms with Gasteiger partial charge in [0.05, 0.1) is 17.3 Å². The van der Waals surface area contributed by atoms with Crippen molar-refractivity contribution in [2.45, 2.75) is 20.8 Å². The lowest BCUT2D eigenvalue weighted by Gasteiger charge is -2.12. The van der Waals surface area contributed by atoms with Crippen molar-refractivity contribution in [2.24, 2.45) is 12.5 Å². The highest BCUT2D eigenvalue weighted by atomic mass is 32.1. The summed E-state index contributed by atoms with van der Waals surface area (Å²) in [6.45, 7) is 5.59. The van der Waals surface area contributed by atoms with Gasteiger partial charge in [0.2, 0.25) is 0 Å². The second-order valence-corrected chi connectivity index (χ2v) is 10.1. The molecule has 0 aliphatic heterocycles. The Labute approximate surface area is 202 Å². The van der Waals surface area contributed by atoms with Crippen molar-refractivity contribution in [1.82, 2.24) is 14.3 Å². The maximum atomic E-state index is 13.0. The Morgan fingerprint density at radius 3 is 2.35 bits per heavy atom. The SMILES string of the molecule is COc1ccc(-c2nn(-c3ccccc3)cc2/C=c2\s/c(=C\C(=O)C(C)(C)C)n(C)c2=O)cc1. The van der Waals surface area contributed by atoms with E-state index in [-0.39, 0.29) is 11.3 Å². The van der Waals surface area contributed by atoms with E-state index in [1.807, 2.05) is 87.6 Å². The molecule has 0 spiro atoms. The largest absolute Gasteiger partial charge is 0.497 e. The highest BCUT2D eigenvalue weighted by Crippen LogP contribution is 2.26. The lowest BCUT2D eigenvalue weighted by molar-refractivity contribution is -0.120. The summed E-state index contributed by atoms with van der Waals surface area (Å²) in [4.78, 5) is 25.5. The predicted molar refractivity (Wildman–Crippen MR) is 137 cm³/mol. The minimum atomic E-state index is -0.512. The third-order valence-corrected chi connectivity index (χ3v) is 6.58. The van der Waals surface area contributed by atoms with Crippen molar-refractivity contribution >= 4 is 29.3 Å². The molecule has 0 radical (unpaired) electrons. The first kappa shape index (κ1) is 23.4. The molecule has 0 aliphatic carbocycles. The number of carbonyl (C=O) groups excluding carboxylic acids is 1. The highest BCUT2D eigenvalue weighted by molar-refractivity contribution is 7.07. The van der Waals surface area contributed by atoms with E-state index in [4.69, 9.17) is 9.84 Å². The minimum Gasteiger partial charge on any atom is -0.497 e. The van der Waals surface area contributed by atoms with Gasteiger partial charge < -0.3 is 9.30 Å². The molecule has 0 bridgehead atoms. The number of thiazole rings is 1. The van der Waals surface area contributed by atoms with Crippen LogP contribution in [0.2, 0.25) is 0 Å². The molecule has 0 amide bonds. The predicted octanol–water partition coefficient (Wildman–Crippen LogP) is 3.53. The van der Waals surface area contributed by atoms with Gasteiger partial charge in [-0.15, -0.1) is 11.3 Å². The van der Waals surface area contributed by atoms with Crippen LogP contribution >= 0.6 is 11.3 Å². The van der Waals surface area contributed by atoms with Gasteiger partial charge in [0.25, 0.3) is 5.56 Å². The van der Waals surface area contributed by atoms with Gasteiger partial charge in [0, 0.05) is 35.9 Å². The zero-order chi connectivity index (χ0) is 24.5. The molecule has 2 heterocycles. The van der Waals surface area contributed by atoms with Crippen molar-refractivity contribution < 1.29 is 9.53 Å². The molecular formula is C27H27N3O3S. The summed E-state index contributed by atoms with van der Waals surface area (Å²) in [6.07, 6.45) is 5.32. The summed E-state index contributed by atoms with van der Waals surface area (Å²) in [5, 5.41) is 4.82. The number of ketones is 1. The van der Waals surface area contributed by atoms with Crippen LogP contribution in [0, 0.1) is 5.41 Å². The Balaban J connectivity index is 1.90. The van der Waals surface area contributed by atoms with E-state index in [2.05, 4.69) is 0 Å². The van der Waals surface area contributed by atoms with E-state index >= 15 is 0 Å². The second kappa shape index (κ2) is 9.27. The zero-order valence-electron chi connectivity index (χ0n) is 19.9. The smallest absolute Gasteiger partial charge is 0.268 e. The molecule has 0 atom stereocenters. The van der Waals surface area contributed by atoms with E-state index in [0.717, 1.165) is 28.3 Å². The fourth-order valence-corrected chi connectivity index (χ4v) is 4.38. The molecule has 0 fully saturated rings. The number of nitrogens with zero attached hydrogens (tertiary/aromatic N) is 3. The Kier molecular flexibility index (Phi) is 6.39. The summed E-state index contributed by atoms with van der Waals surface area (Å²) in [7, 11) is 3.32. The molecule has 0 saturated carbocycles. The number of hydrogen-bond acceptors (Lipinski definition) is 5. The number of benzene rings is 2. The Morgan fingerprint density at radius 2 is 1.74 bits per heavy atom. The molecule has 174 valence electrons. The quantitative estimate of drug-likeness (QED) is 0.445. The Hall–Kier alpha value is -3.71. The average Bonchev–Trinajstić information content (AvgIpc) is 3.36. The van der Waals surface area contributed by atoms with Crippen molar-refractivity contribution in [3.8, 4) is 22.7 Å². The van der Waals surface area contributed by atoms with Gasteiger partial charge in [-0.2, -0.15) is 5.10 Å². The van der Waals surface area contributed by atoms with Gasteiger partial charge in [0.15, 0.2) is 5.78 Å². The van der Waals surface area contributed by atoms with Crippen molar-refractivity contribution in [2.75, 3.05) is 7.11 Å². The van der Waals surface area contributed by atoms with Gasteiger partial charge in [-0.25, -0.2) is 4.68 Å². The van der Waals surface area contributed by atoms with Crippen molar-refractivity contribution in [3.63, 3.8) is 0 Å². The van der Waals surface area contributed by atoms with E-state index in [0.29, 0.717) is 9.20 Å². The third kappa shape index (κ3) is 4.79. The topological polar surface area (TPSA) is 66.1 Å². The molecule has 4 aromatic rings. The highest BCUT2D eigenvalue weighted by Gasteiger charge is 2.19. The molecule has 34 heavy (non-hydrogen) atoms. The summed E-state index contributed by atoms with van der Waals surface area (Å²) in [6, 6.07) is 17.5. The van der Waals surface area contributed by atoms with Crippen LogP contribution in [0.1, 0.15) is 26.3 Å². The molecule has 6 nitrogen and oxygen atoms in total. The third-order valence-electron chi connectivity index (χ3n) is 5.47. The number of Topliss-reactive ketones (excluding diaryl/α,β-unsaturated/α-hetero) is 1. The first-order valence-corrected chi connectivity index (χ1v) is 11.7. The Morgan fingerprint density at radius 1 is 1.06 bits per heavy atom. The number of para-hydroxylation sites is 1. The number of hydrogen-bond donors (Lipinski definition) is 0. The lowest BCUT2D eigenvalue weighted by Crippen LogP contribution is -2.30. The average molecular weight is 474 g/mol. The summed E-state index contributed by atoms with van der Waals surface area (Å²) < 4.78 is 9.78. The van der Waals surface area contributed by atoms with Crippen LogP contribution in [0.3, 0.4) is 0 Å². The molecule has 0 unspecified atom stereocenters. The summed E-state index contributed by atoms with van der Waals surface area (Å²) >= 11 is 1.30. The van der Waals surface area contributed by atoms with Crippen LogP contribution in [-0.2, 0) is 11.8 Å². The molecule has 2 aromatic heterocycles. The van der Waals surface area contributed by atoms with E-state index < -0.39 is 5.41 Å². The van der Waals surface area contributed by atoms with E-state index in [1.54, 1.807) is 24.9 Å². The van der Waals surface area contributed by atoms with Crippen LogP contribution in [-0.4, -0.2) is 27.2 Å². The van der Waals surface area contributed by atoms with Gasteiger partial charge >= 0.3 is 0 Å². The van der Waals surface area contributed by atoms with E-state index in [1.165, 1.54) is 15.9 Å². The lowest BCUT2D eigenvalue weighted by atomic mass is 9.91. The van der Waals surface area contributed by atoms with Crippen LogP contribution in [0.15, 0.2) is 65.6 Å². The van der Waals surface area contributed by atoms with Crippen molar-refractivity contribution in [3.05, 3.63) is 85.9 Å². The molecule has 0 aliphatic rings. The molecule has 2 aromatic carbocycles. The van der Waals surface area contributed by atoms with Crippen LogP contribution < -0.4 is 19.5 Å². The Bertz CT molecular complexity index is 1500. The van der Waals surface area contributed by atoms with E-state index in [9.17, 15) is 9.59 Å². The van der Waals surface area contributed by atoms with Gasteiger partial charge in [-0.1, -0.05) is 39.0 Å². The van der Waals surface area contributed by atoms with Gasteiger partial charge in [-0.05, 0) is 42.5 Å². The first-order valence-electron chi connectivity index (χ1n) is 10.9. The summed E-state index contributed by atoms with van der Waals surface area (Å²) in [5.74, 6) is 0.735. The maximum Gasteiger partial charge on any atom is 0.268 e. The molecule has 7 heteroatoms. The minimum absolute atomic E-state index is 0.0216. The molecule has 0 N–H and O–H groups in total. The fourth-order valence-electron chi connectivity index (χ4n) is 3.36. The van der Waals surface area contributed by atoms with Gasteiger partial charge in [0.1, 0.15) is 16.1 Å². The normalized spacial score (nSPS) is 12.9. The van der Waals surface area contributed by atoms with Crippen molar-refractivity contribution in [1.29, 1.82) is 0 Å². The number of carbonyl (C=O) groups is 1. The van der Waals surface area contributed by atoms with Crippen LogP contribution in [0.4, 0.5) is 0 Å². The monoisotopic (exact) mass is 473 g/mol. The maximum absolute atomic E-state index is 13.0. The first-order chi connectivity index (χ1) is 16.2. The molecule has 0 saturated heterocycles. The molecular weight excluding hydrogens is 446 g/mol. The van der Waals surface area contributed by atoms with Gasteiger partial charge in [-0.3, -0.25) is 9.59 Å². The number of aromatic nitrogens is 3. The fraction of sp³-hybridized carbons (Fsp3) is 0.222. The summed E-state index contributed by atoms with van der Waals surface area (Å²) in [5.41, 5.74) is 2.72. The molecule has 4 rings (SSSR count).